The third kappa shape index (κ3) is 5.46. The molecule has 1 aliphatic heterocycles. The number of nitrogens with one attached hydrogen (secondary N) is 1. The molecule has 0 unspecified atom stereocenters. The minimum absolute atomic E-state index is 0. The Kier molecular flexibility index (Phi) is 8.09. The molecule has 0 saturated carbocycles. The van der Waals surface area contributed by atoms with Crippen LogP contribution in [-0.4, -0.2) is 72.5 Å². The first-order valence-electron chi connectivity index (χ1n) is 11.5. The molecule has 1 fully saturated rings. The molecule has 0 radical (unpaired) electrons. The van der Waals surface area contributed by atoms with E-state index in [9.17, 15) is 4.79 Å². The van der Waals surface area contributed by atoms with Gasteiger partial charge in [0, 0.05) is 53.8 Å². The van der Waals surface area contributed by atoms with Crippen molar-refractivity contribution in [2.75, 3.05) is 46.6 Å². The van der Waals surface area contributed by atoms with Crippen LogP contribution in [0.25, 0.3) is 33.1 Å². The van der Waals surface area contributed by atoms with Gasteiger partial charge in [-0.15, -0.1) is 12.4 Å². The maximum Gasteiger partial charge on any atom is 0.409 e. The minimum atomic E-state index is -0.865. The molecule has 2 aromatic carbocycles. The number of morpholine rings is 1. The number of carbonyl (C=O) groups excluding carboxylic acids is 1. The molecule has 4 aromatic rings. The number of fused-ring (bicyclic) bond motifs is 2. The van der Waals surface area contributed by atoms with E-state index in [1.54, 1.807) is 19.2 Å². The minimum Gasteiger partial charge on any atom is -0.493 e. The van der Waals surface area contributed by atoms with E-state index in [2.05, 4.69) is 19.9 Å². The van der Waals surface area contributed by atoms with Crippen molar-refractivity contribution in [1.82, 2.24) is 19.9 Å². The zero-order valence-electron chi connectivity index (χ0n) is 19.9. The van der Waals surface area contributed by atoms with E-state index in [4.69, 9.17) is 24.7 Å². The summed E-state index contributed by atoms with van der Waals surface area (Å²) >= 11 is 0. The molecule has 10 nitrogen and oxygen atoms in total. The van der Waals surface area contributed by atoms with Crippen LogP contribution in [0.15, 0.2) is 42.9 Å². The Balaban J connectivity index is 0.00000304. The van der Waals surface area contributed by atoms with E-state index in [-0.39, 0.29) is 12.4 Å². The molecule has 0 spiro atoms. The predicted octanol–water partition coefficient (Wildman–Crippen LogP) is 3.77. The molecule has 3 heterocycles. The number of aromatic nitrogens is 3. The van der Waals surface area contributed by atoms with Crippen molar-refractivity contribution in [2.24, 2.45) is 5.73 Å². The van der Waals surface area contributed by atoms with Gasteiger partial charge in [0.2, 0.25) is 0 Å². The number of amides is 1. The van der Waals surface area contributed by atoms with Crippen LogP contribution >= 0.6 is 12.4 Å². The monoisotopic (exact) mass is 513 g/mol. The Hall–Kier alpha value is -3.60. The van der Waals surface area contributed by atoms with Crippen LogP contribution in [0.2, 0.25) is 0 Å². The number of nitrogens with two attached hydrogens (primary N) is 1. The van der Waals surface area contributed by atoms with E-state index < -0.39 is 6.09 Å². The van der Waals surface area contributed by atoms with Crippen LogP contribution in [-0.2, 0) is 4.74 Å². The molecule has 5 rings (SSSR count). The molecule has 0 bridgehead atoms. The quantitative estimate of drug-likeness (QED) is 0.341. The predicted molar refractivity (Wildman–Crippen MR) is 138 cm³/mol. The summed E-state index contributed by atoms with van der Waals surface area (Å²) in [4.78, 5) is 25.8. The normalized spacial score (nSPS) is 13.9. The summed E-state index contributed by atoms with van der Waals surface area (Å²) < 4.78 is 22.2. The topological polar surface area (TPSA) is 125 Å². The number of hydrogen-bond donors (Lipinski definition) is 2. The van der Waals surface area contributed by atoms with Crippen molar-refractivity contribution in [3.05, 3.63) is 42.9 Å². The van der Waals surface area contributed by atoms with Crippen molar-refractivity contribution in [3.63, 3.8) is 0 Å². The van der Waals surface area contributed by atoms with Crippen molar-refractivity contribution >= 4 is 40.3 Å². The van der Waals surface area contributed by atoms with Crippen LogP contribution < -0.4 is 19.9 Å². The van der Waals surface area contributed by atoms with Gasteiger partial charge in [0.05, 0.1) is 38.1 Å². The third-order valence-corrected chi connectivity index (χ3v) is 6.03. The Bertz CT molecular complexity index is 1360. The second-order valence-electron chi connectivity index (χ2n) is 8.23. The lowest BCUT2D eigenvalue weighted by molar-refractivity contribution is 0.0357. The summed E-state index contributed by atoms with van der Waals surface area (Å²) in [5, 5.41) is 1.65. The van der Waals surface area contributed by atoms with E-state index in [1.165, 1.54) is 6.33 Å². The second-order valence-corrected chi connectivity index (χ2v) is 8.23. The number of ether oxygens (including phenoxy) is 4. The number of nitrogens with zero attached hydrogens (tertiary/aromatic N) is 3. The van der Waals surface area contributed by atoms with E-state index in [0.717, 1.165) is 72.3 Å². The largest absolute Gasteiger partial charge is 0.493 e. The van der Waals surface area contributed by atoms with Crippen molar-refractivity contribution < 1.29 is 23.7 Å². The highest BCUT2D eigenvalue weighted by Crippen LogP contribution is 2.38. The smallest absolute Gasteiger partial charge is 0.409 e. The lowest BCUT2D eigenvalue weighted by Crippen LogP contribution is -2.37. The van der Waals surface area contributed by atoms with Crippen molar-refractivity contribution in [2.45, 2.75) is 6.42 Å². The number of halogens is 1. The number of rotatable bonds is 8. The van der Waals surface area contributed by atoms with Crippen molar-refractivity contribution in [3.8, 4) is 28.5 Å². The molecule has 2 aromatic heterocycles. The fourth-order valence-electron chi connectivity index (χ4n) is 4.32. The molecule has 0 atom stereocenters. The summed E-state index contributed by atoms with van der Waals surface area (Å²) in [6, 6.07) is 9.03. The van der Waals surface area contributed by atoms with Gasteiger partial charge in [-0.2, -0.15) is 0 Å². The van der Waals surface area contributed by atoms with Gasteiger partial charge in [-0.1, -0.05) is 0 Å². The number of H-pyrrole nitrogens is 1. The van der Waals surface area contributed by atoms with E-state index in [1.807, 2.05) is 24.4 Å². The molecule has 0 aliphatic carbocycles. The number of benzene rings is 2. The lowest BCUT2D eigenvalue weighted by atomic mass is 10.0. The molecule has 1 aliphatic rings. The Labute approximate surface area is 214 Å². The zero-order chi connectivity index (χ0) is 24.2. The van der Waals surface area contributed by atoms with Crippen LogP contribution in [0, 0.1) is 0 Å². The van der Waals surface area contributed by atoms with Gasteiger partial charge < -0.3 is 29.7 Å². The van der Waals surface area contributed by atoms with Crippen LogP contribution in [0.3, 0.4) is 0 Å². The fourth-order valence-corrected chi connectivity index (χ4v) is 4.32. The maximum atomic E-state index is 11.2. The first-order chi connectivity index (χ1) is 17.1. The number of aromatic amines is 1. The Morgan fingerprint density at radius 3 is 2.75 bits per heavy atom. The summed E-state index contributed by atoms with van der Waals surface area (Å²) in [6.45, 7) is 5.04. The fraction of sp³-hybridized carbons (Fsp3) is 0.320. The molecule has 190 valence electrons. The SMILES string of the molecule is COc1cc2c(-c3c[nH]c4ccc(OC(N)=O)cc34)ncnc2cc1OCCCN1CCOCC1.Cl. The highest BCUT2D eigenvalue weighted by molar-refractivity contribution is 6.03. The molecule has 3 N–H and O–H groups in total. The zero-order valence-corrected chi connectivity index (χ0v) is 20.7. The Morgan fingerprint density at radius 1 is 1.14 bits per heavy atom. The molecule has 1 amide bonds. The van der Waals surface area contributed by atoms with Gasteiger partial charge in [-0.3, -0.25) is 4.90 Å². The average molecular weight is 514 g/mol. The van der Waals surface area contributed by atoms with Crippen LogP contribution in [0.4, 0.5) is 4.79 Å². The molecule has 11 heteroatoms. The number of methoxy groups -OCH3 is 1. The van der Waals surface area contributed by atoms with Gasteiger partial charge in [-0.05, 0) is 30.7 Å². The first-order valence-corrected chi connectivity index (χ1v) is 11.5. The van der Waals surface area contributed by atoms with Gasteiger partial charge >= 0.3 is 6.09 Å². The van der Waals surface area contributed by atoms with Gasteiger partial charge in [0.1, 0.15) is 12.1 Å². The lowest BCUT2D eigenvalue weighted by Gasteiger charge is -2.26. The second kappa shape index (κ2) is 11.4. The van der Waals surface area contributed by atoms with Crippen LogP contribution in [0.5, 0.6) is 17.2 Å². The number of hydrogen-bond acceptors (Lipinski definition) is 8. The van der Waals surface area contributed by atoms with E-state index >= 15 is 0 Å². The van der Waals surface area contributed by atoms with Crippen LogP contribution in [0.1, 0.15) is 6.42 Å². The third-order valence-electron chi connectivity index (χ3n) is 6.03. The molecule has 36 heavy (non-hydrogen) atoms. The van der Waals surface area contributed by atoms with E-state index in [0.29, 0.717) is 23.9 Å². The van der Waals surface area contributed by atoms with Gasteiger partial charge in [-0.25, -0.2) is 14.8 Å². The molecule has 1 saturated heterocycles. The highest BCUT2D eigenvalue weighted by Gasteiger charge is 2.17. The average Bonchev–Trinajstić information content (AvgIpc) is 3.29. The first kappa shape index (κ1) is 25.5. The molecular formula is C25H28ClN5O5. The highest BCUT2D eigenvalue weighted by atomic mass is 35.5. The summed E-state index contributed by atoms with van der Waals surface area (Å²) in [5.74, 6) is 1.61. The molecular weight excluding hydrogens is 486 g/mol. The van der Waals surface area contributed by atoms with Gasteiger partial charge in [0.25, 0.3) is 0 Å². The number of primary amides is 1. The number of carbonyl (C=O) groups is 1. The summed E-state index contributed by atoms with van der Waals surface area (Å²) in [5.41, 5.74) is 8.33. The van der Waals surface area contributed by atoms with Gasteiger partial charge in [0.15, 0.2) is 11.5 Å². The standard InChI is InChI=1S/C25H27N5O5.ClH/c1-32-22-12-18-21(13-23(22)34-8-2-5-30-6-9-33-10-7-30)28-15-29-24(18)19-14-27-20-4-3-16(11-17(19)20)35-25(26)31;/h3-4,11-15,27H,2,5-10H2,1H3,(H2,26,31);1H. The maximum absolute atomic E-state index is 11.2. The Morgan fingerprint density at radius 2 is 1.97 bits per heavy atom. The summed E-state index contributed by atoms with van der Waals surface area (Å²) in [6.07, 6.45) is 3.43. The van der Waals surface area contributed by atoms with Crippen molar-refractivity contribution in [1.29, 1.82) is 0 Å². The summed E-state index contributed by atoms with van der Waals surface area (Å²) in [7, 11) is 1.62.